The molecule has 0 aliphatic carbocycles. The average Bonchev–Trinajstić information content (AvgIpc) is 2.67. The molecule has 1 fully saturated rings. The Morgan fingerprint density at radius 3 is 2.64 bits per heavy atom. The van der Waals surface area contributed by atoms with Crippen LogP contribution in [0, 0.1) is 0 Å². The van der Waals surface area contributed by atoms with E-state index in [1.165, 1.54) is 0 Å². The smallest absolute Gasteiger partial charge is 0.0974 e. The van der Waals surface area contributed by atoms with E-state index in [0.29, 0.717) is 6.54 Å². The highest BCUT2D eigenvalue weighted by Gasteiger charge is 2.37. The summed E-state index contributed by atoms with van der Waals surface area (Å²) in [6.07, 6.45) is 0.725. The Labute approximate surface area is 83.9 Å². The van der Waals surface area contributed by atoms with Crippen molar-refractivity contribution in [3.8, 4) is 0 Å². The molecule has 2 rings (SSSR count). The van der Waals surface area contributed by atoms with E-state index in [-0.39, 0.29) is 6.04 Å². The van der Waals surface area contributed by atoms with Gasteiger partial charge in [-0.05, 0) is 18.5 Å². The molecular weight excluding hydrogens is 176 g/mol. The zero-order chi connectivity index (χ0) is 10.0. The Kier molecular flexibility index (Phi) is 2.54. The van der Waals surface area contributed by atoms with Crippen LogP contribution < -0.4 is 11.1 Å². The molecule has 1 saturated heterocycles. The van der Waals surface area contributed by atoms with E-state index in [9.17, 15) is 5.11 Å². The highest BCUT2D eigenvalue weighted by atomic mass is 16.3. The lowest BCUT2D eigenvalue weighted by molar-refractivity contribution is 0.0336. The van der Waals surface area contributed by atoms with Crippen LogP contribution in [0.3, 0.4) is 0 Å². The molecule has 3 heteroatoms. The molecule has 1 aromatic carbocycles. The molecule has 0 bridgehead atoms. The first-order valence-electron chi connectivity index (χ1n) is 4.96. The number of nitrogens with two attached hydrogens (primary N) is 1. The van der Waals surface area contributed by atoms with Crippen molar-refractivity contribution in [2.24, 2.45) is 5.73 Å². The minimum absolute atomic E-state index is 0.293. The number of hydrogen-bond acceptors (Lipinski definition) is 3. The third-order valence-electron chi connectivity index (χ3n) is 2.90. The molecule has 1 aromatic rings. The molecule has 0 radical (unpaired) electrons. The van der Waals surface area contributed by atoms with Gasteiger partial charge in [-0.15, -0.1) is 0 Å². The van der Waals surface area contributed by atoms with Gasteiger partial charge in [0.2, 0.25) is 0 Å². The lowest BCUT2D eigenvalue weighted by atomic mass is 9.88. The summed E-state index contributed by atoms with van der Waals surface area (Å²) in [6.45, 7) is 1.43. The number of benzene rings is 1. The molecule has 0 spiro atoms. The van der Waals surface area contributed by atoms with Crippen molar-refractivity contribution < 1.29 is 5.11 Å². The molecule has 0 amide bonds. The fraction of sp³-hybridized carbons (Fsp3) is 0.455. The molecule has 2 atom stereocenters. The van der Waals surface area contributed by atoms with Gasteiger partial charge >= 0.3 is 0 Å². The van der Waals surface area contributed by atoms with Gasteiger partial charge in [0.25, 0.3) is 0 Å². The molecule has 1 aliphatic rings. The summed E-state index contributed by atoms with van der Waals surface area (Å²) < 4.78 is 0. The van der Waals surface area contributed by atoms with E-state index < -0.39 is 5.60 Å². The second-order valence-electron chi connectivity index (χ2n) is 3.92. The Morgan fingerprint density at radius 1 is 1.36 bits per heavy atom. The minimum atomic E-state index is -0.776. The first-order valence-corrected chi connectivity index (χ1v) is 4.96. The van der Waals surface area contributed by atoms with Gasteiger partial charge in [-0.25, -0.2) is 0 Å². The van der Waals surface area contributed by atoms with Gasteiger partial charge in [0.1, 0.15) is 0 Å². The highest BCUT2D eigenvalue weighted by molar-refractivity contribution is 5.22. The summed E-state index contributed by atoms with van der Waals surface area (Å²) >= 11 is 0. The zero-order valence-corrected chi connectivity index (χ0v) is 8.11. The van der Waals surface area contributed by atoms with Crippen molar-refractivity contribution in [3.63, 3.8) is 0 Å². The Bertz CT molecular complexity index is 293. The summed E-state index contributed by atoms with van der Waals surface area (Å²) in [4.78, 5) is 0. The van der Waals surface area contributed by atoms with E-state index in [4.69, 9.17) is 5.73 Å². The van der Waals surface area contributed by atoms with Gasteiger partial charge in [0, 0.05) is 6.54 Å². The fourth-order valence-electron chi connectivity index (χ4n) is 1.93. The third-order valence-corrected chi connectivity index (χ3v) is 2.90. The topological polar surface area (TPSA) is 58.3 Å². The number of aliphatic hydroxyl groups is 1. The van der Waals surface area contributed by atoms with Crippen molar-refractivity contribution in [3.05, 3.63) is 35.9 Å². The van der Waals surface area contributed by atoms with Gasteiger partial charge in [-0.2, -0.15) is 0 Å². The zero-order valence-electron chi connectivity index (χ0n) is 8.11. The standard InChI is InChI=1S/C11H16N2O/c12-10(9-4-2-1-3-5-9)11(14)6-7-13-8-11/h1-5,10,13-14H,6-8,12H2. The Morgan fingerprint density at radius 2 is 2.07 bits per heavy atom. The molecule has 0 saturated carbocycles. The predicted molar refractivity (Wildman–Crippen MR) is 55.8 cm³/mol. The molecule has 0 aromatic heterocycles. The molecule has 3 nitrogen and oxygen atoms in total. The lowest BCUT2D eigenvalue weighted by Crippen LogP contribution is -2.42. The number of hydrogen-bond donors (Lipinski definition) is 3. The van der Waals surface area contributed by atoms with Crippen LogP contribution >= 0.6 is 0 Å². The first-order chi connectivity index (χ1) is 6.72. The van der Waals surface area contributed by atoms with Crippen LogP contribution in [0.25, 0.3) is 0 Å². The van der Waals surface area contributed by atoms with Gasteiger partial charge < -0.3 is 16.2 Å². The minimum Gasteiger partial charge on any atom is -0.387 e. The van der Waals surface area contributed by atoms with Crippen molar-refractivity contribution in [2.45, 2.75) is 18.1 Å². The second-order valence-corrected chi connectivity index (χ2v) is 3.92. The van der Waals surface area contributed by atoms with Gasteiger partial charge in [0.05, 0.1) is 11.6 Å². The van der Waals surface area contributed by atoms with Crippen LogP contribution in [0.15, 0.2) is 30.3 Å². The third kappa shape index (κ3) is 1.66. The van der Waals surface area contributed by atoms with Gasteiger partial charge in [-0.3, -0.25) is 0 Å². The Balaban J connectivity index is 2.19. The van der Waals surface area contributed by atoms with Crippen molar-refractivity contribution >= 4 is 0 Å². The van der Waals surface area contributed by atoms with E-state index >= 15 is 0 Å². The van der Waals surface area contributed by atoms with E-state index in [1.807, 2.05) is 30.3 Å². The number of nitrogens with one attached hydrogen (secondary N) is 1. The number of rotatable bonds is 2. The van der Waals surface area contributed by atoms with Gasteiger partial charge in [-0.1, -0.05) is 30.3 Å². The quantitative estimate of drug-likeness (QED) is 0.636. The van der Waals surface area contributed by atoms with Crippen molar-refractivity contribution in [1.29, 1.82) is 0 Å². The molecule has 4 N–H and O–H groups in total. The average molecular weight is 192 g/mol. The lowest BCUT2D eigenvalue weighted by Gasteiger charge is -2.29. The summed E-state index contributed by atoms with van der Waals surface area (Å²) in [7, 11) is 0. The van der Waals surface area contributed by atoms with Crippen LogP contribution in [0.5, 0.6) is 0 Å². The van der Waals surface area contributed by atoms with Crippen LogP contribution in [-0.4, -0.2) is 23.8 Å². The maximum Gasteiger partial charge on any atom is 0.0974 e. The molecule has 14 heavy (non-hydrogen) atoms. The van der Waals surface area contributed by atoms with E-state index in [0.717, 1.165) is 18.5 Å². The molecule has 76 valence electrons. The molecule has 1 heterocycles. The monoisotopic (exact) mass is 192 g/mol. The molecular formula is C11H16N2O. The molecule has 2 unspecified atom stereocenters. The fourth-order valence-corrected chi connectivity index (χ4v) is 1.93. The van der Waals surface area contributed by atoms with Crippen LogP contribution in [0.2, 0.25) is 0 Å². The van der Waals surface area contributed by atoms with E-state index in [2.05, 4.69) is 5.32 Å². The summed E-state index contributed by atoms with van der Waals surface area (Å²) in [5.74, 6) is 0. The maximum absolute atomic E-state index is 10.2. The first kappa shape index (κ1) is 9.65. The number of β-amino-alcohol motifs (C(OH)–C–C–N with tert-alkyl or cyclic N) is 1. The van der Waals surface area contributed by atoms with Crippen LogP contribution in [-0.2, 0) is 0 Å². The van der Waals surface area contributed by atoms with Crippen LogP contribution in [0.1, 0.15) is 18.0 Å². The summed E-state index contributed by atoms with van der Waals surface area (Å²) in [6, 6.07) is 9.47. The molecule has 1 aliphatic heterocycles. The van der Waals surface area contributed by atoms with Crippen molar-refractivity contribution in [1.82, 2.24) is 5.32 Å². The summed E-state index contributed by atoms with van der Waals surface area (Å²) in [5, 5.41) is 13.4. The Hall–Kier alpha value is -0.900. The maximum atomic E-state index is 10.2. The SMILES string of the molecule is NC(c1ccccc1)C1(O)CCNC1. The second kappa shape index (κ2) is 3.69. The predicted octanol–water partition coefficient (Wildman–Crippen LogP) is 0.411. The normalized spacial score (nSPS) is 29.0. The van der Waals surface area contributed by atoms with Crippen molar-refractivity contribution in [2.75, 3.05) is 13.1 Å². The van der Waals surface area contributed by atoms with E-state index in [1.54, 1.807) is 0 Å². The largest absolute Gasteiger partial charge is 0.387 e. The van der Waals surface area contributed by atoms with Gasteiger partial charge in [0.15, 0.2) is 0 Å². The van der Waals surface area contributed by atoms with Crippen LogP contribution in [0.4, 0.5) is 0 Å². The highest BCUT2D eigenvalue weighted by Crippen LogP contribution is 2.28. The summed E-state index contributed by atoms with van der Waals surface area (Å²) in [5.41, 5.74) is 6.27.